The molecule has 2 aromatic carbocycles. The highest BCUT2D eigenvalue weighted by Gasteiger charge is 2.47. The zero-order chi connectivity index (χ0) is 18.9. The highest BCUT2D eigenvalue weighted by molar-refractivity contribution is 5.27. The minimum Gasteiger partial charge on any atom is -0.508 e. The number of phenols is 1. The van der Waals surface area contributed by atoms with Crippen molar-refractivity contribution in [1.82, 2.24) is 4.90 Å². The molecule has 0 aromatic heterocycles. The SMILES string of the molecule is Oc1ccc(C(O)CN2CC3CC(O)(CCc4ccccc4)CC3C2)cc1. The fourth-order valence-corrected chi connectivity index (χ4v) is 4.98. The number of nitrogens with zero attached hydrogens (tertiary/aromatic N) is 1. The van der Waals surface area contributed by atoms with Gasteiger partial charge in [-0.3, -0.25) is 4.90 Å². The maximum absolute atomic E-state index is 11.0. The van der Waals surface area contributed by atoms with Crippen LogP contribution in [0.3, 0.4) is 0 Å². The van der Waals surface area contributed by atoms with Crippen molar-refractivity contribution in [1.29, 1.82) is 0 Å². The normalized spacial score (nSPS) is 29.0. The number of aliphatic hydroxyl groups excluding tert-OH is 1. The lowest BCUT2D eigenvalue weighted by atomic mass is 9.91. The third-order valence-electron chi connectivity index (χ3n) is 6.37. The van der Waals surface area contributed by atoms with Gasteiger partial charge in [0, 0.05) is 19.6 Å². The van der Waals surface area contributed by atoms with Crippen molar-refractivity contribution in [3.63, 3.8) is 0 Å². The second kappa shape index (κ2) is 7.63. The monoisotopic (exact) mass is 367 g/mol. The molecule has 4 rings (SSSR count). The molecule has 1 aliphatic heterocycles. The number of likely N-dealkylation sites (tertiary alicyclic amines) is 1. The van der Waals surface area contributed by atoms with E-state index in [1.54, 1.807) is 24.3 Å². The third kappa shape index (κ3) is 4.34. The fraction of sp³-hybridized carbons (Fsp3) is 0.478. The van der Waals surface area contributed by atoms with Gasteiger partial charge in [0.1, 0.15) is 5.75 Å². The average Bonchev–Trinajstić information content (AvgIpc) is 3.16. The van der Waals surface area contributed by atoms with Crippen LogP contribution in [0.5, 0.6) is 5.75 Å². The summed E-state index contributed by atoms with van der Waals surface area (Å²) in [5.74, 6) is 1.27. The lowest BCUT2D eigenvalue weighted by Crippen LogP contribution is -2.32. The van der Waals surface area contributed by atoms with Crippen LogP contribution >= 0.6 is 0 Å². The van der Waals surface area contributed by atoms with Gasteiger partial charge in [0.2, 0.25) is 0 Å². The Morgan fingerprint density at radius 3 is 2.22 bits per heavy atom. The summed E-state index contributed by atoms with van der Waals surface area (Å²) in [6.07, 6.45) is 2.97. The Bertz CT molecular complexity index is 732. The summed E-state index contributed by atoms with van der Waals surface area (Å²) in [5, 5.41) is 30.9. The van der Waals surface area contributed by atoms with E-state index < -0.39 is 11.7 Å². The van der Waals surface area contributed by atoms with Gasteiger partial charge in [-0.1, -0.05) is 42.5 Å². The van der Waals surface area contributed by atoms with E-state index in [9.17, 15) is 15.3 Å². The molecule has 3 N–H and O–H groups in total. The summed E-state index contributed by atoms with van der Waals surface area (Å²) < 4.78 is 0. The zero-order valence-electron chi connectivity index (χ0n) is 15.7. The third-order valence-corrected chi connectivity index (χ3v) is 6.37. The van der Waals surface area contributed by atoms with Crippen LogP contribution in [0.4, 0.5) is 0 Å². The smallest absolute Gasteiger partial charge is 0.115 e. The van der Waals surface area contributed by atoms with Gasteiger partial charge in [-0.15, -0.1) is 0 Å². The zero-order valence-corrected chi connectivity index (χ0v) is 15.7. The number of rotatable bonds is 6. The van der Waals surface area contributed by atoms with Crippen LogP contribution in [0.1, 0.15) is 36.5 Å². The molecule has 1 heterocycles. The van der Waals surface area contributed by atoms with Crippen molar-refractivity contribution in [3.05, 3.63) is 65.7 Å². The van der Waals surface area contributed by atoms with E-state index in [0.29, 0.717) is 18.4 Å². The second-order valence-corrected chi connectivity index (χ2v) is 8.46. The Morgan fingerprint density at radius 2 is 1.59 bits per heavy atom. The molecule has 0 bridgehead atoms. The summed E-state index contributed by atoms with van der Waals surface area (Å²) in [6, 6.07) is 17.2. The fourth-order valence-electron chi connectivity index (χ4n) is 4.98. The molecule has 2 aromatic rings. The molecule has 2 aliphatic rings. The van der Waals surface area contributed by atoms with Crippen molar-refractivity contribution in [3.8, 4) is 5.75 Å². The quantitative estimate of drug-likeness (QED) is 0.734. The first-order valence-corrected chi connectivity index (χ1v) is 9.96. The number of β-amino-alcohol motifs (C(OH)–C–C–N with tert-alkyl or cyclic N) is 1. The van der Waals surface area contributed by atoms with E-state index in [-0.39, 0.29) is 5.75 Å². The van der Waals surface area contributed by atoms with Gasteiger partial charge in [-0.25, -0.2) is 0 Å². The van der Waals surface area contributed by atoms with Crippen LogP contribution in [0, 0.1) is 11.8 Å². The molecule has 3 unspecified atom stereocenters. The molecule has 144 valence electrons. The maximum atomic E-state index is 11.0. The summed E-state index contributed by atoms with van der Waals surface area (Å²) in [6.45, 7) is 2.52. The molecule has 2 fully saturated rings. The molecule has 4 heteroatoms. The molecular formula is C23H29NO3. The second-order valence-electron chi connectivity index (χ2n) is 8.46. The molecule has 0 spiro atoms. The minimum absolute atomic E-state index is 0.219. The van der Waals surface area contributed by atoms with Crippen LogP contribution in [0.25, 0.3) is 0 Å². The number of hydrogen-bond acceptors (Lipinski definition) is 4. The number of aryl methyl sites for hydroxylation is 1. The van der Waals surface area contributed by atoms with E-state index in [1.807, 2.05) is 6.07 Å². The van der Waals surface area contributed by atoms with Gasteiger partial charge in [0.15, 0.2) is 0 Å². The number of benzene rings is 2. The van der Waals surface area contributed by atoms with Crippen LogP contribution in [0.15, 0.2) is 54.6 Å². The van der Waals surface area contributed by atoms with Crippen LogP contribution in [-0.4, -0.2) is 45.5 Å². The predicted octanol–water partition coefficient (Wildman–Crippen LogP) is 3.13. The molecule has 1 saturated carbocycles. The Hall–Kier alpha value is -1.88. The number of aromatic hydroxyl groups is 1. The van der Waals surface area contributed by atoms with Crippen molar-refractivity contribution >= 4 is 0 Å². The van der Waals surface area contributed by atoms with Gasteiger partial charge in [0.25, 0.3) is 0 Å². The van der Waals surface area contributed by atoms with Crippen molar-refractivity contribution in [2.24, 2.45) is 11.8 Å². The largest absolute Gasteiger partial charge is 0.508 e. The Labute approximate surface area is 161 Å². The summed E-state index contributed by atoms with van der Waals surface area (Å²) in [5.41, 5.74) is 1.60. The average molecular weight is 367 g/mol. The Balaban J connectivity index is 1.28. The first kappa shape index (κ1) is 18.5. The molecule has 1 aliphatic carbocycles. The molecule has 27 heavy (non-hydrogen) atoms. The maximum Gasteiger partial charge on any atom is 0.115 e. The Kier molecular flexibility index (Phi) is 5.22. The molecule has 0 radical (unpaired) electrons. The molecule has 4 nitrogen and oxygen atoms in total. The molecule has 1 saturated heterocycles. The van der Waals surface area contributed by atoms with E-state index >= 15 is 0 Å². The van der Waals surface area contributed by atoms with Gasteiger partial charge in [0.05, 0.1) is 11.7 Å². The number of hydrogen-bond donors (Lipinski definition) is 3. The molecule has 0 amide bonds. The van der Waals surface area contributed by atoms with Gasteiger partial charge >= 0.3 is 0 Å². The lowest BCUT2D eigenvalue weighted by Gasteiger charge is -2.27. The number of aliphatic hydroxyl groups is 2. The van der Waals surface area contributed by atoms with Gasteiger partial charge in [-0.05, 0) is 60.8 Å². The minimum atomic E-state index is -0.540. The van der Waals surface area contributed by atoms with Crippen LogP contribution in [0.2, 0.25) is 0 Å². The summed E-state index contributed by atoms with van der Waals surface area (Å²) in [7, 11) is 0. The van der Waals surface area contributed by atoms with E-state index in [4.69, 9.17) is 0 Å². The number of fused-ring (bicyclic) bond motifs is 1. The summed E-state index contributed by atoms with van der Waals surface area (Å²) in [4.78, 5) is 2.32. The highest BCUT2D eigenvalue weighted by atomic mass is 16.3. The topological polar surface area (TPSA) is 63.9 Å². The van der Waals surface area contributed by atoms with Crippen LogP contribution in [-0.2, 0) is 6.42 Å². The lowest BCUT2D eigenvalue weighted by molar-refractivity contribution is 0.0247. The standard InChI is InChI=1S/C23H29NO3/c25-21-8-6-18(7-9-21)22(26)16-24-14-19-12-23(27,13-20(19)15-24)11-10-17-4-2-1-3-5-17/h1-9,19-20,22,25-27H,10-16H2. The van der Waals surface area contributed by atoms with E-state index in [0.717, 1.165) is 44.3 Å². The van der Waals surface area contributed by atoms with Crippen molar-refractivity contribution in [2.45, 2.75) is 37.4 Å². The first-order valence-electron chi connectivity index (χ1n) is 9.96. The number of phenolic OH excluding ortho intramolecular Hbond substituents is 1. The van der Waals surface area contributed by atoms with E-state index in [1.165, 1.54) is 5.56 Å². The van der Waals surface area contributed by atoms with Crippen molar-refractivity contribution in [2.75, 3.05) is 19.6 Å². The van der Waals surface area contributed by atoms with Gasteiger partial charge in [-0.2, -0.15) is 0 Å². The highest BCUT2D eigenvalue weighted by Crippen LogP contribution is 2.46. The Morgan fingerprint density at radius 1 is 0.963 bits per heavy atom. The van der Waals surface area contributed by atoms with E-state index in [2.05, 4.69) is 29.2 Å². The first-order chi connectivity index (χ1) is 13.0. The molecular weight excluding hydrogens is 338 g/mol. The predicted molar refractivity (Wildman–Crippen MR) is 105 cm³/mol. The van der Waals surface area contributed by atoms with Crippen LogP contribution < -0.4 is 0 Å². The molecule has 3 atom stereocenters. The van der Waals surface area contributed by atoms with Gasteiger partial charge < -0.3 is 15.3 Å². The van der Waals surface area contributed by atoms with Crippen molar-refractivity contribution < 1.29 is 15.3 Å². The summed E-state index contributed by atoms with van der Waals surface area (Å²) >= 11 is 0.